The lowest BCUT2D eigenvalue weighted by Crippen LogP contribution is -2.18. The van der Waals surface area contributed by atoms with Crippen LogP contribution in [0.2, 0.25) is 5.22 Å². The van der Waals surface area contributed by atoms with Crippen molar-refractivity contribution in [1.29, 1.82) is 0 Å². The fourth-order valence-electron chi connectivity index (χ4n) is 2.12. The van der Waals surface area contributed by atoms with E-state index in [1.165, 1.54) is 16.7 Å². The van der Waals surface area contributed by atoms with E-state index >= 15 is 0 Å². The summed E-state index contributed by atoms with van der Waals surface area (Å²) in [5.74, 6) is 0.858. The number of hydrogen-bond acceptors (Lipinski definition) is 2. The van der Waals surface area contributed by atoms with E-state index in [0.29, 0.717) is 11.8 Å². The molecule has 96 valence electrons. The average Bonchev–Trinajstić information content (AvgIpc) is 2.72. The summed E-state index contributed by atoms with van der Waals surface area (Å²) in [5, 5.41) is 3.87. The molecule has 2 rings (SSSR count). The summed E-state index contributed by atoms with van der Waals surface area (Å²) in [4.78, 5) is 0. The second kappa shape index (κ2) is 5.59. The Morgan fingerprint density at radius 1 is 1.22 bits per heavy atom. The highest BCUT2D eigenvalue weighted by atomic mass is 35.5. The highest BCUT2D eigenvalue weighted by Crippen LogP contribution is 2.20. The van der Waals surface area contributed by atoms with Gasteiger partial charge in [0.25, 0.3) is 0 Å². The Kier molecular flexibility index (Phi) is 4.10. The van der Waals surface area contributed by atoms with Crippen molar-refractivity contribution in [1.82, 2.24) is 5.32 Å². The van der Waals surface area contributed by atoms with Crippen molar-refractivity contribution in [2.24, 2.45) is 0 Å². The monoisotopic (exact) mass is 263 g/mol. The molecule has 1 atom stereocenters. The van der Waals surface area contributed by atoms with Crippen molar-refractivity contribution in [2.45, 2.75) is 33.4 Å². The molecule has 1 N–H and O–H groups in total. The zero-order valence-electron chi connectivity index (χ0n) is 11.0. The third-order valence-electron chi connectivity index (χ3n) is 3.10. The number of hydrogen-bond donors (Lipinski definition) is 1. The molecule has 2 nitrogen and oxygen atoms in total. The lowest BCUT2D eigenvalue weighted by molar-refractivity contribution is 0.461. The van der Waals surface area contributed by atoms with Crippen LogP contribution in [0.25, 0.3) is 0 Å². The molecule has 0 saturated carbocycles. The van der Waals surface area contributed by atoms with E-state index < -0.39 is 0 Å². The first-order chi connectivity index (χ1) is 8.56. The van der Waals surface area contributed by atoms with Crippen molar-refractivity contribution in [3.63, 3.8) is 0 Å². The maximum Gasteiger partial charge on any atom is 0.193 e. The van der Waals surface area contributed by atoms with Crippen molar-refractivity contribution in [3.05, 3.63) is 58.0 Å². The molecule has 0 fully saturated rings. The fourth-order valence-corrected chi connectivity index (χ4v) is 2.28. The topological polar surface area (TPSA) is 25.2 Å². The molecule has 0 aliphatic carbocycles. The molecule has 0 saturated heterocycles. The van der Waals surface area contributed by atoms with E-state index in [2.05, 4.69) is 44.3 Å². The molecular weight excluding hydrogens is 246 g/mol. The van der Waals surface area contributed by atoms with Gasteiger partial charge in [-0.3, -0.25) is 0 Å². The zero-order valence-corrected chi connectivity index (χ0v) is 11.7. The quantitative estimate of drug-likeness (QED) is 0.884. The van der Waals surface area contributed by atoms with Gasteiger partial charge in [0.15, 0.2) is 5.22 Å². The molecule has 1 aromatic carbocycles. The molecule has 0 amide bonds. The van der Waals surface area contributed by atoms with Crippen LogP contribution in [0, 0.1) is 13.8 Å². The molecule has 3 heteroatoms. The summed E-state index contributed by atoms with van der Waals surface area (Å²) in [6.07, 6.45) is 0. The molecule has 0 radical (unpaired) electrons. The van der Waals surface area contributed by atoms with E-state index in [1.807, 2.05) is 6.07 Å². The van der Waals surface area contributed by atoms with E-state index in [9.17, 15) is 0 Å². The van der Waals surface area contributed by atoms with Crippen LogP contribution in [0.5, 0.6) is 0 Å². The minimum atomic E-state index is 0.287. The normalized spacial score (nSPS) is 12.7. The second-order valence-electron chi connectivity index (χ2n) is 4.67. The number of furan rings is 1. The molecule has 0 bridgehead atoms. The van der Waals surface area contributed by atoms with Crippen molar-refractivity contribution < 1.29 is 4.42 Å². The molecule has 18 heavy (non-hydrogen) atoms. The second-order valence-corrected chi connectivity index (χ2v) is 5.04. The Labute approximate surface area is 113 Å². The van der Waals surface area contributed by atoms with E-state index in [4.69, 9.17) is 16.0 Å². The van der Waals surface area contributed by atoms with Crippen LogP contribution in [-0.4, -0.2) is 0 Å². The van der Waals surface area contributed by atoms with Gasteiger partial charge in [-0.2, -0.15) is 0 Å². The Balaban J connectivity index is 2.01. The first kappa shape index (κ1) is 13.2. The Morgan fingerprint density at radius 2 is 2.00 bits per heavy atom. The molecule has 1 aromatic heterocycles. The van der Waals surface area contributed by atoms with Gasteiger partial charge in [-0.15, -0.1) is 0 Å². The van der Waals surface area contributed by atoms with E-state index in [1.54, 1.807) is 6.07 Å². The first-order valence-corrected chi connectivity index (χ1v) is 6.49. The summed E-state index contributed by atoms with van der Waals surface area (Å²) < 4.78 is 5.32. The lowest BCUT2D eigenvalue weighted by atomic mass is 10.0. The maximum absolute atomic E-state index is 5.74. The SMILES string of the molecule is Cc1ccc(C(C)NCc2ccc(Cl)o2)c(C)c1. The summed E-state index contributed by atoms with van der Waals surface area (Å²) in [6.45, 7) is 7.09. The first-order valence-electron chi connectivity index (χ1n) is 6.11. The maximum atomic E-state index is 5.74. The van der Waals surface area contributed by atoms with E-state index in [0.717, 1.165) is 5.76 Å². The van der Waals surface area contributed by atoms with Crippen molar-refractivity contribution in [3.8, 4) is 0 Å². The van der Waals surface area contributed by atoms with Crippen LogP contribution in [0.4, 0.5) is 0 Å². The van der Waals surface area contributed by atoms with Crippen LogP contribution in [-0.2, 0) is 6.54 Å². The predicted octanol–water partition coefficient (Wildman–Crippen LogP) is 4.40. The van der Waals surface area contributed by atoms with Crippen LogP contribution in [0.1, 0.15) is 35.4 Å². The van der Waals surface area contributed by atoms with Gasteiger partial charge in [-0.1, -0.05) is 23.8 Å². The highest BCUT2D eigenvalue weighted by Gasteiger charge is 2.09. The van der Waals surface area contributed by atoms with Gasteiger partial charge in [0.2, 0.25) is 0 Å². The molecular formula is C15H18ClNO. The molecule has 1 unspecified atom stereocenters. The molecule has 0 spiro atoms. The Bertz CT molecular complexity index is 533. The summed E-state index contributed by atoms with van der Waals surface area (Å²) >= 11 is 5.74. The largest absolute Gasteiger partial charge is 0.448 e. The standard InChI is InChI=1S/C15H18ClNO/c1-10-4-6-14(11(2)8-10)12(3)17-9-13-5-7-15(16)18-13/h4-8,12,17H,9H2,1-3H3. The van der Waals surface area contributed by atoms with Crippen molar-refractivity contribution >= 4 is 11.6 Å². The Hall–Kier alpha value is -1.25. The number of nitrogens with one attached hydrogen (secondary N) is 1. The van der Waals surface area contributed by atoms with Gasteiger partial charge >= 0.3 is 0 Å². The number of halogens is 1. The summed E-state index contributed by atoms with van der Waals surface area (Å²) in [6, 6.07) is 10.5. The fraction of sp³-hybridized carbons (Fsp3) is 0.333. The Morgan fingerprint density at radius 3 is 2.61 bits per heavy atom. The lowest BCUT2D eigenvalue weighted by Gasteiger charge is -2.16. The number of rotatable bonds is 4. The average molecular weight is 264 g/mol. The third-order valence-corrected chi connectivity index (χ3v) is 3.31. The number of benzene rings is 1. The summed E-state index contributed by atoms with van der Waals surface area (Å²) in [5.41, 5.74) is 3.92. The van der Waals surface area contributed by atoms with Crippen LogP contribution in [0.15, 0.2) is 34.7 Å². The smallest absolute Gasteiger partial charge is 0.193 e. The molecule has 1 heterocycles. The van der Waals surface area contributed by atoms with Crippen molar-refractivity contribution in [2.75, 3.05) is 0 Å². The van der Waals surface area contributed by atoms with Crippen LogP contribution >= 0.6 is 11.6 Å². The summed E-state index contributed by atoms with van der Waals surface area (Å²) in [7, 11) is 0. The minimum absolute atomic E-state index is 0.287. The van der Waals surface area contributed by atoms with Gasteiger partial charge in [0.05, 0.1) is 6.54 Å². The zero-order chi connectivity index (χ0) is 13.1. The van der Waals surface area contributed by atoms with Gasteiger partial charge in [-0.05, 0) is 55.6 Å². The van der Waals surface area contributed by atoms with Crippen LogP contribution < -0.4 is 5.32 Å². The molecule has 0 aliphatic heterocycles. The van der Waals surface area contributed by atoms with Gasteiger partial charge in [-0.25, -0.2) is 0 Å². The highest BCUT2D eigenvalue weighted by molar-refractivity contribution is 6.28. The van der Waals surface area contributed by atoms with E-state index in [-0.39, 0.29) is 6.04 Å². The molecule has 2 aromatic rings. The van der Waals surface area contributed by atoms with Gasteiger partial charge < -0.3 is 9.73 Å². The molecule has 0 aliphatic rings. The van der Waals surface area contributed by atoms with Gasteiger partial charge in [0.1, 0.15) is 5.76 Å². The van der Waals surface area contributed by atoms with Gasteiger partial charge in [0, 0.05) is 6.04 Å². The third kappa shape index (κ3) is 3.15. The van der Waals surface area contributed by atoms with Crippen LogP contribution in [0.3, 0.4) is 0 Å². The minimum Gasteiger partial charge on any atom is -0.448 e. The number of aryl methyl sites for hydroxylation is 2. The predicted molar refractivity (Wildman–Crippen MR) is 74.9 cm³/mol.